The number of hydrogen-bond donors (Lipinski definition) is 1. The van der Waals surface area contributed by atoms with Crippen LogP contribution >= 0.6 is 11.6 Å². The van der Waals surface area contributed by atoms with Gasteiger partial charge in [-0.2, -0.15) is 0 Å². The van der Waals surface area contributed by atoms with Gasteiger partial charge >= 0.3 is 0 Å². The molecule has 0 aliphatic carbocycles. The second kappa shape index (κ2) is 6.67. The van der Waals surface area contributed by atoms with E-state index in [1.807, 2.05) is 25.1 Å². The molecule has 0 radical (unpaired) electrons. The summed E-state index contributed by atoms with van der Waals surface area (Å²) in [6.45, 7) is 7.62. The molecule has 1 N–H and O–H groups in total. The van der Waals surface area contributed by atoms with E-state index in [1.54, 1.807) is 0 Å². The van der Waals surface area contributed by atoms with Gasteiger partial charge in [-0.1, -0.05) is 17.7 Å². The van der Waals surface area contributed by atoms with Crippen LogP contribution < -0.4 is 10.1 Å². The highest BCUT2D eigenvalue weighted by Gasteiger charge is 2.00. The van der Waals surface area contributed by atoms with Crippen molar-refractivity contribution in [3.05, 3.63) is 58.1 Å². The lowest BCUT2D eigenvalue weighted by atomic mass is 10.1. The van der Waals surface area contributed by atoms with Crippen LogP contribution in [0.4, 0.5) is 5.69 Å². The minimum atomic E-state index is 0.620. The van der Waals surface area contributed by atoms with Crippen LogP contribution in [0.1, 0.15) is 16.7 Å². The van der Waals surface area contributed by atoms with Gasteiger partial charge in [-0.3, -0.25) is 0 Å². The van der Waals surface area contributed by atoms with Gasteiger partial charge in [-0.15, -0.1) is 0 Å². The molecule has 0 saturated carbocycles. The maximum Gasteiger partial charge on any atom is 0.122 e. The molecule has 0 aliphatic rings. The Labute approximate surface area is 125 Å². The second-order valence-corrected chi connectivity index (χ2v) is 5.42. The minimum absolute atomic E-state index is 0.620. The normalized spacial score (nSPS) is 10.4. The molecule has 0 atom stereocenters. The molecule has 0 amide bonds. The highest BCUT2D eigenvalue weighted by Crippen LogP contribution is 2.21. The van der Waals surface area contributed by atoms with Crippen molar-refractivity contribution in [3.8, 4) is 5.75 Å². The Morgan fingerprint density at radius 2 is 1.75 bits per heavy atom. The van der Waals surface area contributed by atoms with Gasteiger partial charge in [0.1, 0.15) is 12.4 Å². The van der Waals surface area contributed by atoms with E-state index in [1.165, 1.54) is 11.1 Å². The third kappa shape index (κ3) is 3.91. The molecule has 2 rings (SSSR count). The Hall–Kier alpha value is -1.67. The fourth-order valence-corrected chi connectivity index (χ4v) is 2.21. The van der Waals surface area contributed by atoms with Gasteiger partial charge in [0.2, 0.25) is 0 Å². The zero-order valence-corrected chi connectivity index (χ0v) is 12.9. The zero-order chi connectivity index (χ0) is 14.5. The van der Waals surface area contributed by atoms with Crippen molar-refractivity contribution >= 4 is 17.3 Å². The van der Waals surface area contributed by atoms with Crippen LogP contribution in [0.3, 0.4) is 0 Å². The SMILES string of the molecule is Cc1ccc(NCCOc2ccc(Cl)cc2C)cc1C. The number of benzene rings is 2. The lowest BCUT2D eigenvalue weighted by Crippen LogP contribution is -2.12. The maximum atomic E-state index is 5.92. The fraction of sp³-hybridized carbons (Fsp3) is 0.294. The Morgan fingerprint density at radius 1 is 0.950 bits per heavy atom. The molecule has 20 heavy (non-hydrogen) atoms. The summed E-state index contributed by atoms with van der Waals surface area (Å²) in [6.07, 6.45) is 0. The van der Waals surface area contributed by atoms with Crippen molar-refractivity contribution < 1.29 is 4.74 Å². The molecule has 2 nitrogen and oxygen atoms in total. The van der Waals surface area contributed by atoms with Crippen LogP contribution in [0.5, 0.6) is 5.75 Å². The monoisotopic (exact) mass is 289 g/mol. The van der Waals surface area contributed by atoms with Crippen LogP contribution in [0.2, 0.25) is 5.02 Å². The van der Waals surface area contributed by atoms with Gasteiger partial charge in [0.05, 0.1) is 0 Å². The molecular weight excluding hydrogens is 270 g/mol. The van der Waals surface area contributed by atoms with Crippen molar-refractivity contribution in [1.29, 1.82) is 0 Å². The molecule has 0 unspecified atom stereocenters. The molecule has 0 fully saturated rings. The Kier molecular flexibility index (Phi) is 4.91. The highest BCUT2D eigenvalue weighted by atomic mass is 35.5. The Balaban J connectivity index is 1.82. The van der Waals surface area contributed by atoms with Crippen molar-refractivity contribution in [1.82, 2.24) is 0 Å². The van der Waals surface area contributed by atoms with Gasteiger partial charge < -0.3 is 10.1 Å². The first kappa shape index (κ1) is 14.7. The largest absolute Gasteiger partial charge is 0.491 e. The van der Waals surface area contributed by atoms with E-state index in [2.05, 4.69) is 37.4 Å². The molecule has 106 valence electrons. The van der Waals surface area contributed by atoms with Crippen LogP contribution in [0, 0.1) is 20.8 Å². The topological polar surface area (TPSA) is 21.3 Å². The molecule has 0 bridgehead atoms. The molecular formula is C17H20ClNO. The van der Waals surface area contributed by atoms with E-state index >= 15 is 0 Å². The summed E-state index contributed by atoms with van der Waals surface area (Å²) < 4.78 is 5.75. The van der Waals surface area contributed by atoms with Gasteiger partial charge in [-0.25, -0.2) is 0 Å². The summed E-state index contributed by atoms with van der Waals surface area (Å²) >= 11 is 5.92. The van der Waals surface area contributed by atoms with Crippen LogP contribution in [-0.4, -0.2) is 13.2 Å². The van der Waals surface area contributed by atoms with Gasteiger partial charge in [-0.05, 0) is 67.8 Å². The molecule has 2 aromatic carbocycles. The van der Waals surface area contributed by atoms with Gasteiger partial charge in [0, 0.05) is 17.3 Å². The summed E-state index contributed by atoms with van der Waals surface area (Å²) in [5.41, 5.74) is 4.79. The lowest BCUT2D eigenvalue weighted by molar-refractivity contribution is 0.330. The molecule has 3 heteroatoms. The van der Waals surface area contributed by atoms with E-state index < -0.39 is 0 Å². The highest BCUT2D eigenvalue weighted by molar-refractivity contribution is 6.30. The first-order valence-electron chi connectivity index (χ1n) is 6.76. The summed E-state index contributed by atoms with van der Waals surface area (Å²) in [5, 5.41) is 4.10. The number of hydrogen-bond acceptors (Lipinski definition) is 2. The average molecular weight is 290 g/mol. The lowest BCUT2D eigenvalue weighted by Gasteiger charge is -2.11. The number of rotatable bonds is 5. The fourth-order valence-electron chi connectivity index (χ4n) is 1.98. The minimum Gasteiger partial charge on any atom is -0.491 e. The van der Waals surface area contributed by atoms with E-state index in [0.29, 0.717) is 6.61 Å². The van der Waals surface area contributed by atoms with Gasteiger partial charge in [0.15, 0.2) is 0 Å². The van der Waals surface area contributed by atoms with Crippen molar-refractivity contribution in [2.75, 3.05) is 18.5 Å². The van der Waals surface area contributed by atoms with Gasteiger partial charge in [0.25, 0.3) is 0 Å². The van der Waals surface area contributed by atoms with Crippen molar-refractivity contribution in [3.63, 3.8) is 0 Å². The molecule has 0 saturated heterocycles. The molecule has 0 aromatic heterocycles. The molecule has 0 aliphatic heterocycles. The second-order valence-electron chi connectivity index (χ2n) is 4.98. The smallest absolute Gasteiger partial charge is 0.122 e. The number of aryl methyl sites for hydroxylation is 3. The Bertz CT molecular complexity index is 596. The third-order valence-electron chi connectivity index (χ3n) is 3.33. The maximum absolute atomic E-state index is 5.92. The average Bonchev–Trinajstić information content (AvgIpc) is 2.40. The summed E-state index contributed by atoms with van der Waals surface area (Å²) in [6, 6.07) is 12.0. The number of halogens is 1. The summed E-state index contributed by atoms with van der Waals surface area (Å²) in [5.74, 6) is 0.885. The third-order valence-corrected chi connectivity index (χ3v) is 3.57. The number of anilines is 1. The number of nitrogens with one attached hydrogen (secondary N) is 1. The van der Waals surface area contributed by atoms with Crippen molar-refractivity contribution in [2.24, 2.45) is 0 Å². The van der Waals surface area contributed by atoms with E-state index in [4.69, 9.17) is 16.3 Å². The quantitative estimate of drug-likeness (QED) is 0.802. The van der Waals surface area contributed by atoms with E-state index in [-0.39, 0.29) is 0 Å². The first-order valence-corrected chi connectivity index (χ1v) is 7.14. The molecule has 2 aromatic rings. The standard InChI is InChI=1S/C17H20ClNO/c1-12-4-6-16(11-13(12)2)19-8-9-20-17-7-5-15(18)10-14(17)3/h4-7,10-11,19H,8-9H2,1-3H3. The summed E-state index contributed by atoms with van der Waals surface area (Å²) in [7, 11) is 0. The predicted molar refractivity (Wildman–Crippen MR) is 86.1 cm³/mol. The zero-order valence-electron chi connectivity index (χ0n) is 12.2. The van der Waals surface area contributed by atoms with Crippen LogP contribution in [-0.2, 0) is 0 Å². The molecule has 0 spiro atoms. The first-order chi connectivity index (χ1) is 9.56. The van der Waals surface area contributed by atoms with Crippen LogP contribution in [0.15, 0.2) is 36.4 Å². The summed E-state index contributed by atoms with van der Waals surface area (Å²) in [4.78, 5) is 0. The van der Waals surface area contributed by atoms with E-state index in [0.717, 1.165) is 28.6 Å². The Morgan fingerprint density at radius 3 is 2.45 bits per heavy atom. The van der Waals surface area contributed by atoms with Crippen LogP contribution in [0.25, 0.3) is 0 Å². The number of ether oxygens (including phenoxy) is 1. The van der Waals surface area contributed by atoms with E-state index in [9.17, 15) is 0 Å². The molecule has 0 heterocycles. The predicted octanol–water partition coefficient (Wildman–Crippen LogP) is 4.76. The van der Waals surface area contributed by atoms with Crippen molar-refractivity contribution in [2.45, 2.75) is 20.8 Å².